The average molecular weight is 259 g/mol. The summed E-state index contributed by atoms with van der Waals surface area (Å²) in [5, 5.41) is 3.29. The second-order valence-electron chi connectivity index (χ2n) is 4.23. The summed E-state index contributed by atoms with van der Waals surface area (Å²) in [6, 6.07) is 4.25. The predicted octanol–water partition coefficient (Wildman–Crippen LogP) is 2.25. The molecule has 94 valence electrons. The minimum Gasteiger partial charge on any atom is -0.369 e. The molecule has 1 aromatic carbocycles. The highest BCUT2D eigenvalue weighted by Gasteiger charge is 2.19. The summed E-state index contributed by atoms with van der Waals surface area (Å²) >= 11 is 5.69. The fourth-order valence-electron chi connectivity index (χ4n) is 1.67. The topological polar surface area (TPSA) is 55.1 Å². The van der Waals surface area contributed by atoms with Gasteiger partial charge in [0.1, 0.15) is 5.82 Å². The first-order chi connectivity index (χ1) is 7.91. The molecule has 1 unspecified atom stereocenters. The van der Waals surface area contributed by atoms with Gasteiger partial charge in [0.05, 0.1) is 6.54 Å². The van der Waals surface area contributed by atoms with Crippen molar-refractivity contribution in [1.29, 1.82) is 0 Å². The van der Waals surface area contributed by atoms with Gasteiger partial charge in [-0.1, -0.05) is 31.5 Å². The van der Waals surface area contributed by atoms with Crippen molar-refractivity contribution in [2.75, 3.05) is 6.54 Å². The van der Waals surface area contributed by atoms with Crippen LogP contribution < -0.4 is 11.1 Å². The van der Waals surface area contributed by atoms with Crippen LogP contribution >= 0.6 is 11.6 Å². The maximum atomic E-state index is 13.7. The van der Waals surface area contributed by atoms with E-state index in [0.29, 0.717) is 10.6 Å². The molecule has 1 rings (SSSR count). The molecule has 1 atom stereocenters. The molecule has 0 radical (unpaired) electrons. The van der Waals surface area contributed by atoms with Crippen LogP contribution in [-0.4, -0.2) is 12.5 Å². The Bertz CT molecular complexity index is 409. The second-order valence-corrected chi connectivity index (χ2v) is 4.67. The van der Waals surface area contributed by atoms with Gasteiger partial charge in [0, 0.05) is 16.6 Å². The molecule has 1 aromatic rings. The minimum absolute atomic E-state index is 0.0188. The highest BCUT2D eigenvalue weighted by Crippen LogP contribution is 2.26. The lowest BCUT2D eigenvalue weighted by Gasteiger charge is -2.22. The summed E-state index contributed by atoms with van der Waals surface area (Å²) in [6.45, 7) is 3.89. The number of primary amides is 1. The van der Waals surface area contributed by atoms with Gasteiger partial charge in [0.2, 0.25) is 5.91 Å². The number of nitrogens with one attached hydrogen (secondary N) is 1. The molecule has 1 amide bonds. The van der Waals surface area contributed by atoms with Gasteiger partial charge in [-0.05, 0) is 18.1 Å². The zero-order valence-corrected chi connectivity index (χ0v) is 10.6. The maximum absolute atomic E-state index is 13.7. The lowest BCUT2D eigenvalue weighted by molar-refractivity contribution is -0.117. The van der Waals surface area contributed by atoms with Crippen molar-refractivity contribution in [2.45, 2.75) is 19.9 Å². The van der Waals surface area contributed by atoms with Gasteiger partial charge < -0.3 is 11.1 Å². The first kappa shape index (κ1) is 13.9. The molecule has 0 saturated carbocycles. The van der Waals surface area contributed by atoms with Gasteiger partial charge in [-0.3, -0.25) is 4.79 Å². The van der Waals surface area contributed by atoms with E-state index in [2.05, 4.69) is 5.32 Å². The summed E-state index contributed by atoms with van der Waals surface area (Å²) in [5.74, 6) is -0.719. The molecule has 0 saturated heterocycles. The molecule has 0 heterocycles. The van der Waals surface area contributed by atoms with Crippen molar-refractivity contribution in [3.8, 4) is 0 Å². The molecule has 3 nitrogen and oxygen atoms in total. The van der Waals surface area contributed by atoms with Gasteiger partial charge in [0.25, 0.3) is 0 Å². The van der Waals surface area contributed by atoms with Crippen molar-refractivity contribution < 1.29 is 9.18 Å². The molecule has 5 heteroatoms. The number of benzene rings is 1. The smallest absolute Gasteiger partial charge is 0.231 e. The number of hydrogen-bond donors (Lipinski definition) is 2. The van der Waals surface area contributed by atoms with E-state index >= 15 is 0 Å². The van der Waals surface area contributed by atoms with Crippen LogP contribution in [0.4, 0.5) is 4.39 Å². The maximum Gasteiger partial charge on any atom is 0.231 e. The number of nitrogens with two attached hydrogens (primary N) is 1. The van der Waals surface area contributed by atoms with Gasteiger partial charge in [-0.25, -0.2) is 4.39 Å². The van der Waals surface area contributed by atoms with E-state index in [1.54, 1.807) is 12.1 Å². The molecule has 0 fully saturated rings. The number of halogens is 2. The van der Waals surface area contributed by atoms with Crippen LogP contribution in [0.25, 0.3) is 0 Å². The van der Waals surface area contributed by atoms with Crippen molar-refractivity contribution in [3.05, 3.63) is 34.6 Å². The molecule has 0 aliphatic carbocycles. The minimum atomic E-state index is -0.468. The number of carbonyl (C=O) groups is 1. The lowest BCUT2D eigenvalue weighted by Crippen LogP contribution is -2.34. The Kier molecular flexibility index (Phi) is 4.90. The van der Waals surface area contributed by atoms with Crippen molar-refractivity contribution in [3.63, 3.8) is 0 Å². The summed E-state index contributed by atoms with van der Waals surface area (Å²) < 4.78 is 13.7. The van der Waals surface area contributed by atoms with Crippen LogP contribution in [-0.2, 0) is 4.79 Å². The molecule has 0 bridgehead atoms. The zero-order chi connectivity index (χ0) is 13.0. The van der Waals surface area contributed by atoms with E-state index in [9.17, 15) is 9.18 Å². The van der Waals surface area contributed by atoms with E-state index in [1.807, 2.05) is 13.8 Å². The number of hydrogen-bond acceptors (Lipinski definition) is 2. The van der Waals surface area contributed by atoms with E-state index < -0.39 is 5.91 Å². The van der Waals surface area contributed by atoms with E-state index in [1.165, 1.54) is 6.07 Å². The fourth-order valence-corrected chi connectivity index (χ4v) is 1.83. The monoisotopic (exact) mass is 258 g/mol. The van der Waals surface area contributed by atoms with Crippen LogP contribution in [0.3, 0.4) is 0 Å². The van der Waals surface area contributed by atoms with Crippen LogP contribution in [0.2, 0.25) is 5.02 Å². The first-order valence-electron chi connectivity index (χ1n) is 5.38. The number of carbonyl (C=O) groups excluding carboxylic acids is 1. The van der Waals surface area contributed by atoms with Gasteiger partial charge in [0.15, 0.2) is 0 Å². The van der Waals surface area contributed by atoms with Gasteiger partial charge >= 0.3 is 0 Å². The Hall–Kier alpha value is -1.13. The molecule has 0 spiro atoms. The third-order valence-corrected chi connectivity index (χ3v) is 2.70. The standard InChI is InChI=1S/C12H16ClFN2O/c1-7(2)12(16-6-11(15)17)9-4-3-8(13)5-10(9)14/h3-5,7,12,16H,6H2,1-2H3,(H2,15,17). The normalized spacial score (nSPS) is 12.8. The summed E-state index contributed by atoms with van der Waals surface area (Å²) in [7, 11) is 0. The van der Waals surface area contributed by atoms with Crippen LogP contribution in [0, 0.1) is 11.7 Å². The molecular weight excluding hydrogens is 243 g/mol. The summed E-state index contributed by atoms with van der Waals surface area (Å²) in [5.41, 5.74) is 5.56. The first-order valence-corrected chi connectivity index (χ1v) is 5.76. The molecule has 3 N–H and O–H groups in total. The summed E-state index contributed by atoms with van der Waals surface area (Å²) in [6.07, 6.45) is 0. The van der Waals surface area contributed by atoms with E-state index in [0.717, 1.165) is 0 Å². The van der Waals surface area contributed by atoms with Crippen molar-refractivity contribution >= 4 is 17.5 Å². The second kappa shape index (κ2) is 5.98. The molecule has 0 aliphatic heterocycles. The van der Waals surface area contributed by atoms with Crippen LogP contribution in [0.5, 0.6) is 0 Å². The lowest BCUT2D eigenvalue weighted by atomic mass is 9.95. The Morgan fingerprint density at radius 2 is 2.18 bits per heavy atom. The third kappa shape index (κ3) is 3.98. The quantitative estimate of drug-likeness (QED) is 0.851. The average Bonchev–Trinajstić information content (AvgIpc) is 2.20. The SMILES string of the molecule is CC(C)C(NCC(N)=O)c1ccc(Cl)cc1F. The van der Waals surface area contributed by atoms with Crippen LogP contribution in [0.1, 0.15) is 25.5 Å². The van der Waals surface area contributed by atoms with Gasteiger partial charge in [-0.2, -0.15) is 0 Å². The highest BCUT2D eigenvalue weighted by molar-refractivity contribution is 6.30. The highest BCUT2D eigenvalue weighted by atomic mass is 35.5. The predicted molar refractivity (Wildman–Crippen MR) is 66.2 cm³/mol. The molecule has 17 heavy (non-hydrogen) atoms. The Labute approximate surface area is 105 Å². The van der Waals surface area contributed by atoms with Gasteiger partial charge in [-0.15, -0.1) is 0 Å². The zero-order valence-electron chi connectivity index (χ0n) is 9.84. The molecule has 0 aliphatic rings. The Morgan fingerprint density at radius 1 is 1.53 bits per heavy atom. The number of amides is 1. The fraction of sp³-hybridized carbons (Fsp3) is 0.417. The summed E-state index contributed by atoms with van der Waals surface area (Å²) in [4.78, 5) is 10.7. The number of rotatable bonds is 5. The largest absolute Gasteiger partial charge is 0.369 e. The van der Waals surface area contributed by atoms with Crippen molar-refractivity contribution in [1.82, 2.24) is 5.32 Å². The van der Waals surface area contributed by atoms with E-state index in [4.69, 9.17) is 17.3 Å². The Balaban J connectivity index is 2.93. The van der Waals surface area contributed by atoms with Crippen molar-refractivity contribution in [2.24, 2.45) is 11.7 Å². The third-order valence-electron chi connectivity index (χ3n) is 2.46. The molecule has 0 aromatic heterocycles. The molecular formula is C12H16ClFN2O. The Morgan fingerprint density at radius 3 is 2.65 bits per heavy atom. The van der Waals surface area contributed by atoms with E-state index in [-0.39, 0.29) is 24.3 Å². The van der Waals surface area contributed by atoms with Crippen LogP contribution in [0.15, 0.2) is 18.2 Å².